The van der Waals surface area contributed by atoms with Crippen LogP contribution in [0.4, 0.5) is 5.69 Å². The first-order valence-electron chi connectivity index (χ1n) is 9.54. The first kappa shape index (κ1) is 25.3. The summed E-state index contributed by atoms with van der Waals surface area (Å²) in [5.41, 5.74) is 0.0554. The van der Waals surface area contributed by atoms with Crippen LogP contribution in [0, 0.1) is 0 Å². The Kier molecular flexibility index (Phi) is 8.37. The van der Waals surface area contributed by atoms with E-state index in [1.165, 1.54) is 44.4 Å². The molecule has 172 valence electrons. The third-order valence-electron chi connectivity index (χ3n) is 4.17. The number of benzene rings is 2. The van der Waals surface area contributed by atoms with Gasteiger partial charge >= 0.3 is 11.9 Å². The number of amides is 1. The molecule has 2 rings (SSSR count). The fourth-order valence-electron chi connectivity index (χ4n) is 2.61. The number of esters is 2. The molecule has 0 saturated heterocycles. The Bertz CT molecular complexity index is 1110. The van der Waals surface area contributed by atoms with Crippen LogP contribution >= 0.6 is 11.6 Å². The second kappa shape index (κ2) is 10.6. The molecule has 0 aliphatic carbocycles. The van der Waals surface area contributed by atoms with Gasteiger partial charge < -0.3 is 14.8 Å². The molecule has 0 aliphatic heterocycles. The van der Waals surface area contributed by atoms with E-state index in [-0.39, 0.29) is 45.5 Å². The normalized spacial score (nSPS) is 11.2. The van der Waals surface area contributed by atoms with E-state index < -0.39 is 27.9 Å². The average molecular weight is 483 g/mol. The van der Waals surface area contributed by atoms with Gasteiger partial charge in [-0.3, -0.25) is 4.79 Å². The topological polar surface area (TPSA) is 119 Å². The summed E-state index contributed by atoms with van der Waals surface area (Å²) in [6.07, 6.45) is 0. The van der Waals surface area contributed by atoms with Crippen LogP contribution in [0.2, 0.25) is 5.02 Å². The molecule has 1 amide bonds. The predicted octanol–water partition coefficient (Wildman–Crippen LogP) is 3.20. The van der Waals surface area contributed by atoms with Crippen molar-refractivity contribution in [3.8, 4) is 0 Å². The molecule has 0 atom stereocenters. The molecule has 1 N–H and O–H groups in total. The van der Waals surface area contributed by atoms with E-state index >= 15 is 0 Å². The smallest absolute Gasteiger partial charge is 0.338 e. The lowest BCUT2D eigenvalue weighted by Gasteiger charge is -2.14. The Morgan fingerprint density at radius 2 is 1.47 bits per heavy atom. The summed E-state index contributed by atoms with van der Waals surface area (Å²) in [5, 5.41) is 2.56. The number of nitrogens with zero attached hydrogens (tertiary/aromatic N) is 1. The highest BCUT2D eigenvalue weighted by atomic mass is 35.5. The highest BCUT2D eigenvalue weighted by molar-refractivity contribution is 7.89. The van der Waals surface area contributed by atoms with E-state index in [2.05, 4.69) is 5.32 Å². The highest BCUT2D eigenvalue weighted by Crippen LogP contribution is 2.24. The summed E-state index contributed by atoms with van der Waals surface area (Å²) < 4.78 is 35.7. The summed E-state index contributed by atoms with van der Waals surface area (Å²) in [4.78, 5) is 37.1. The first-order valence-corrected chi connectivity index (χ1v) is 11.4. The molecule has 0 fully saturated rings. The van der Waals surface area contributed by atoms with Gasteiger partial charge in [-0.05, 0) is 50.2 Å². The molecule has 0 aliphatic rings. The van der Waals surface area contributed by atoms with E-state index in [4.69, 9.17) is 21.1 Å². The molecule has 0 radical (unpaired) electrons. The molecule has 11 heteroatoms. The molecule has 0 heterocycles. The maximum absolute atomic E-state index is 12.9. The quantitative estimate of drug-likeness (QED) is 0.574. The number of halogens is 1. The minimum Gasteiger partial charge on any atom is -0.462 e. The minimum atomic E-state index is -3.80. The zero-order valence-corrected chi connectivity index (χ0v) is 19.5. The number of hydrogen-bond acceptors (Lipinski definition) is 7. The van der Waals surface area contributed by atoms with E-state index in [0.717, 1.165) is 10.4 Å². The summed E-state index contributed by atoms with van der Waals surface area (Å²) in [6.45, 7) is 3.50. The van der Waals surface area contributed by atoms with Gasteiger partial charge in [0, 0.05) is 19.8 Å². The van der Waals surface area contributed by atoms with Crippen LogP contribution in [0.25, 0.3) is 0 Å². The van der Waals surface area contributed by atoms with Crippen molar-refractivity contribution in [3.05, 3.63) is 58.1 Å². The number of nitrogens with one attached hydrogen (secondary N) is 1. The number of ether oxygens (including phenoxy) is 2. The van der Waals surface area contributed by atoms with Crippen LogP contribution < -0.4 is 5.32 Å². The van der Waals surface area contributed by atoms with Crippen LogP contribution in [-0.4, -0.2) is 57.9 Å². The third-order valence-corrected chi connectivity index (χ3v) is 6.31. The molecule has 2 aromatic carbocycles. The second-order valence-electron chi connectivity index (χ2n) is 6.62. The zero-order valence-electron chi connectivity index (χ0n) is 18.0. The number of hydrogen-bond donors (Lipinski definition) is 1. The Hall–Kier alpha value is -2.95. The largest absolute Gasteiger partial charge is 0.462 e. The molecular weight excluding hydrogens is 460 g/mol. The van der Waals surface area contributed by atoms with Crippen molar-refractivity contribution >= 4 is 45.2 Å². The van der Waals surface area contributed by atoms with Crippen molar-refractivity contribution in [2.75, 3.05) is 32.6 Å². The van der Waals surface area contributed by atoms with Gasteiger partial charge in [0.1, 0.15) is 0 Å². The Morgan fingerprint density at radius 1 is 0.938 bits per heavy atom. The molecule has 32 heavy (non-hydrogen) atoms. The second-order valence-corrected chi connectivity index (χ2v) is 9.18. The number of carbonyl (C=O) groups is 3. The summed E-state index contributed by atoms with van der Waals surface area (Å²) in [7, 11) is -1.07. The Balaban J connectivity index is 2.46. The molecular formula is C21H23ClN2O7S. The van der Waals surface area contributed by atoms with Crippen LogP contribution in [0.5, 0.6) is 0 Å². The zero-order chi connectivity index (χ0) is 24.1. The van der Waals surface area contributed by atoms with Gasteiger partial charge in [-0.25, -0.2) is 22.3 Å². The lowest BCUT2D eigenvalue weighted by atomic mass is 10.1. The van der Waals surface area contributed by atoms with Crippen molar-refractivity contribution in [1.29, 1.82) is 0 Å². The summed E-state index contributed by atoms with van der Waals surface area (Å²) in [5.74, 6) is -2.11. The first-order chi connectivity index (χ1) is 15.0. The standard InChI is InChI=1S/C21H23ClN2O7S/c1-5-30-20(26)13-9-14(21(27)31-6-2)11-15(10-13)23-19(25)17-12-16(7-8-18(17)22)32(28,29)24(3)4/h7-12H,5-6H2,1-4H3,(H,23,25). The number of anilines is 1. The van der Waals surface area contributed by atoms with Crippen LogP contribution in [0.3, 0.4) is 0 Å². The Labute approximate surface area is 191 Å². The van der Waals surface area contributed by atoms with Crippen LogP contribution in [-0.2, 0) is 19.5 Å². The van der Waals surface area contributed by atoms with Crippen molar-refractivity contribution < 1.29 is 32.3 Å². The van der Waals surface area contributed by atoms with Crippen LogP contribution in [0.1, 0.15) is 44.9 Å². The predicted molar refractivity (Wildman–Crippen MR) is 119 cm³/mol. The summed E-state index contributed by atoms with van der Waals surface area (Å²) >= 11 is 6.12. The average Bonchev–Trinajstić information content (AvgIpc) is 2.73. The molecule has 0 saturated carbocycles. The molecule has 2 aromatic rings. The third kappa shape index (κ3) is 5.84. The van der Waals surface area contributed by atoms with E-state index in [9.17, 15) is 22.8 Å². The summed E-state index contributed by atoms with van der Waals surface area (Å²) in [6, 6.07) is 7.68. The minimum absolute atomic E-state index is 0.0207. The SMILES string of the molecule is CCOC(=O)c1cc(NC(=O)c2cc(S(=O)(=O)N(C)C)ccc2Cl)cc(C(=O)OCC)c1. The van der Waals surface area contributed by atoms with Crippen molar-refractivity contribution in [1.82, 2.24) is 4.31 Å². The van der Waals surface area contributed by atoms with Gasteiger partial charge in [-0.15, -0.1) is 0 Å². The monoisotopic (exact) mass is 482 g/mol. The van der Waals surface area contributed by atoms with E-state index in [1.807, 2.05) is 0 Å². The van der Waals surface area contributed by atoms with Gasteiger partial charge in [0.15, 0.2) is 0 Å². The van der Waals surface area contributed by atoms with Crippen molar-refractivity contribution in [3.63, 3.8) is 0 Å². The van der Waals surface area contributed by atoms with Crippen molar-refractivity contribution in [2.45, 2.75) is 18.7 Å². The lowest BCUT2D eigenvalue weighted by molar-refractivity contribution is 0.0525. The van der Waals surface area contributed by atoms with Crippen molar-refractivity contribution in [2.24, 2.45) is 0 Å². The molecule has 9 nitrogen and oxygen atoms in total. The number of rotatable bonds is 8. The van der Waals surface area contributed by atoms with Crippen LogP contribution in [0.15, 0.2) is 41.3 Å². The lowest BCUT2D eigenvalue weighted by Crippen LogP contribution is -2.23. The maximum atomic E-state index is 12.9. The molecule has 0 unspecified atom stereocenters. The Morgan fingerprint density at radius 3 is 1.94 bits per heavy atom. The molecule has 0 aromatic heterocycles. The fourth-order valence-corrected chi connectivity index (χ4v) is 3.74. The molecule has 0 bridgehead atoms. The number of sulfonamides is 1. The maximum Gasteiger partial charge on any atom is 0.338 e. The van der Waals surface area contributed by atoms with E-state index in [1.54, 1.807) is 13.8 Å². The van der Waals surface area contributed by atoms with Gasteiger partial charge in [0.25, 0.3) is 5.91 Å². The number of carbonyl (C=O) groups excluding carboxylic acids is 3. The van der Waals surface area contributed by atoms with Gasteiger partial charge in [-0.2, -0.15) is 0 Å². The van der Waals surface area contributed by atoms with E-state index in [0.29, 0.717) is 0 Å². The molecule has 0 spiro atoms. The highest BCUT2D eigenvalue weighted by Gasteiger charge is 2.22. The van der Waals surface area contributed by atoms with Gasteiger partial charge in [-0.1, -0.05) is 11.6 Å². The fraction of sp³-hybridized carbons (Fsp3) is 0.286. The van der Waals surface area contributed by atoms with Gasteiger partial charge in [0.05, 0.1) is 39.8 Å². The van der Waals surface area contributed by atoms with Gasteiger partial charge in [0.2, 0.25) is 10.0 Å².